The molecule has 1 heterocycles. The smallest absolute Gasteiger partial charge is 0.341 e. The number of carbonyl (C=O) groups is 2. The minimum Gasteiger partial charge on any atom is -0.482 e. The lowest BCUT2D eigenvalue weighted by Gasteiger charge is -2.26. The quantitative estimate of drug-likeness (QED) is 0.916. The van der Waals surface area contributed by atoms with Crippen LogP contribution in [0.5, 0.6) is 5.75 Å². The summed E-state index contributed by atoms with van der Waals surface area (Å²) < 4.78 is 10.9. The summed E-state index contributed by atoms with van der Waals surface area (Å²) in [6.07, 6.45) is -0.693. The second kappa shape index (κ2) is 6.63. The van der Waals surface area contributed by atoms with Crippen LogP contribution in [0.1, 0.15) is 33.2 Å². The Balaban J connectivity index is 1.94. The number of carboxylic acids is 1. The number of ether oxygens (including phenoxy) is 2. The second-order valence-electron chi connectivity index (χ2n) is 5.53. The minimum absolute atomic E-state index is 0.198. The molecule has 0 spiro atoms. The fraction of sp³-hybridized carbons (Fsp3) is 0.222. The Morgan fingerprint density at radius 3 is 2.83 bits per heavy atom. The Morgan fingerprint density at radius 2 is 2.12 bits per heavy atom. The summed E-state index contributed by atoms with van der Waals surface area (Å²) in [4.78, 5) is 23.4. The SMILES string of the molecule is Cc1ccccc1C1OCc2cc(OCC(=O)O)cc(Cl)c2C1=O. The van der Waals surface area contributed by atoms with E-state index in [2.05, 4.69) is 0 Å². The van der Waals surface area contributed by atoms with Crippen molar-refractivity contribution in [2.75, 3.05) is 6.61 Å². The standard InChI is InChI=1S/C18H15ClO5/c1-10-4-2-3-5-13(10)18-17(22)16-11(8-24-18)6-12(7-14(16)19)23-9-15(20)21/h2-7,18H,8-9H2,1H3,(H,20,21). The average Bonchev–Trinajstić information content (AvgIpc) is 2.54. The van der Waals surface area contributed by atoms with Crippen molar-refractivity contribution in [1.82, 2.24) is 0 Å². The van der Waals surface area contributed by atoms with E-state index in [1.807, 2.05) is 31.2 Å². The zero-order valence-corrected chi connectivity index (χ0v) is 13.7. The van der Waals surface area contributed by atoms with Gasteiger partial charge in [0.1, 0.15) is 11.9 Å². The summed E-state index contributed by atoms with van der Waals surface area (Å²) in [5.74, 6) is -0.997. The van der Waals surface area contributed by atoms with Crippen LogP contribution in [0.3, 0.4) is 0 Å². The third-order valence-corrected chi connectivity index (χ3v) is 4.17. The van der Waals surface area contributed by atoms with Crippen LogP contribution >= 0.6 is 11.6 Å². The largest absolute Gasteiger partial charge is 0.482 e. The molecule has 0 aromatic heterocycles. The molecule has 0 amide bonds. The Kier molecular flexibility index (Phi) is 4.55. The molecular weight excluding hydrogens is 332 g/mol. The number of hydrogen-bond acceptors (Lipinski definition) is 4. The summed E-state index contributed by atoms with van der Waals surface area (Å²) in [6, 6.07) is 10.6. The van der Waals surface area contributed by atoms with Crippen LogP contribution in [0.4, 0.5) is 0 Å². The molecule has 0 saturated carbocycles. The Bertz CT molecular complexity index is 815. The van der Waals surface area contributed by atoms with Crippen LogP contribution < -0.4 is 4.74 Å². The number of carboxylic acid groups (broad SMARTS) is 1. The Hall–Kier alpha value is -2.37. The number of aliphatic carboxylic acids is 1. The van der Waals surface area contributed by atoms with Gasteiger partial charge in [-0.1, -0.05) is 35.9 Å². The van der Waals surface area contributed by atoms with Crippen molar-refractivity contribution in [3.8, 4) is 5.75 Å². The molecule has 1 aliphatic heterocycles. The van der Waals surface area contributed by atoms with Gasteiger partial charge in [-0.3, -0.25) is 4.79 Å². The molecule has 124 valence electrons. The van der Waals surface area contributed by atoms with E-state index in [-0.39, 0.29) is 17.4 Å². The number of aryl methyl sites for hydroxylation is 1. The molecule has 2 aromatic rings. The molecule has 0 bridgehead atoms. The highest BCUT2D eigenvalue weighted by atomic mass is 35.5. The lowest BCUT2D eigenvalue weighted by atomic mass is 9.91. The normalized spacial score (nSPS) is 16.6. The lowest BCUT2D eigenvalue weighted by Crippen LogP contribution is -2.24. The van der Waals surface area contributed by atoms with Crippen molar-refractivity contribution in [2.45, 2.75) is 19.6 Å². The van der Waals surface area contributed by atoms with Crippen LogP contribution in [0.2, 0.25) is 5.02 Å². The molecule has 0 aliphatic carbocycles. The van der Waals surface area contributed by atoms with Gasteiger partial charge < -0.3 is 14.6 Å². The van der Waals surface area contributed by atoms with Crippen molar-refractivity contribution < 1.29 is 24.2 Å². The van der Waals surface area contributed by atoms with Gasteiger partial charge >= 0.3 is 5.97 Å². The minimum atomic E-state index is -1.09. The second-order valence-corrected chi connectivity index (χ2v) is 5.94. The number of fused-ring (bicyclic) bond motifs is 1. The zero-order chi connectivity index (χ0) is 17.3. The number of halogens is 1. The number of benzene rings is 2. The highest BCUT2D eigenvalue weighted by Gasteiger charge is 2.32. The fourth-order valence-corrected chi connectivity index (χ4v) is 3.07. The fourth-order valence-electron chi connectivity index (χ4n) is 2.75. The van der Waals surface area contributed by atoms with E-state index in [0.29, 0.717) is 16.9 Å². The lowest BCUT2D eigenvalue weighted by molar-refractivity contribution is -0.139. The van der Waals surface area contributed by atoms with Crippen molar-refractivity contribution in [1.29, 1.82) is 0 Å². The third-order valence-electron chi connectivity index (χ3n) is 3.87. The van der Waals surface area contributed by atoms with Crippen LogP contribution in [0.15, 0.2) is 36.4 Å². The first kappa shape index (κ1) is 16.5. The Labute approximate surface area is 143 Å². The number of carbonyl (C=O) groups excluding carboxylic acids is 1. The van der Waals surface area contributed by atoms with Gasteiger partial charge in [-0.25, -0.2) is 4.79 Å². The average molecular weight is 347 g/mol. The molecular formula is C18H15ClO5. The summed E-state index contributed by atoms with van der Waals surface area (Å²) in [5.41, 5.74) is 2.78. The van der Waals surface area contributed by atoms with Crippen LogP contribution in [0, 0.1) is 6.92 Å². The summed E-state index contributed by atoms with van der Waals surface area (Å²) in [7, 11) is 0. The van der Waals surface area contributed by atoms with Gasteiger partial charge in [-0.2, -0.15) is 0 Å². The summed E-state index contributed by atoms with van der Waals surface area (Å²) in [5, 5.41) is 8.91. The highest BCUT2D eigenvalue weighted by Crippen LogP contribution is 2.37. The van der Waals surface area contributed by atoms with Gasteiger partial charge in [-0.15, -0.1) is 0 Å². The van der Waals surface area contributed by atoms with Gasteiger partial charge in [0.2, 0.25) is 0 Å². The van der Waals surface area contributed by atoms with Crippen molar-refractivity contribution >= 4 is 23.4 Å². The molecule has 1 atom stereocenters. The molecule has 1 N–H and O–H groups in total. The van der Waals surface area contributed by atoms with E-state index in [1.54, 1.807) is 6.07 Å². The van der Waals surface area contributed by atoms with E-state index >= 15 is 0 Å². The maximum atomic E-state index is 12.8. The maximum absolute atomic E-state index is 12.8. The Morgan fingerprint density at radius 1 is 1.38 bits per heavy atom. The predicted molar refractivity (Wildman–Crippen MR) is 87.6 cm³/mol. The first-order valence-corrected chi connectivity index (χ1v) is 7.73. The van der Waals surface area contributed by atoms with E-state index in [0.717, 1.165) is 11.1 Å². The van der Waals surface area contributed by atoms with Crippen LogP contribution in [-0.2, 0) is 16.1 Å². The van der Waals surface area contributed by atoms with Crippen molar-refractivity contribution in [3.63, 3.8) is 0 Å². The predicted octanol–water partition coefficient (Wildman–Crippen LogP) is 3.57. The monoisotopic (exact) mass is 346 g/mol. The first-order valence-electron chi connectivity index (χ1n) is 7.35. The van der Waals surface area contributed by atoms with Crippen LogP contribution in [0.25, 0.3) is 0 Å². The summed E-state index contributed by atoms with van der Waals surface area (Å²) >= 11 is 6.25. The molecule has 2 aromatic carbocycles. The van der Waals surface area contributed by atoms with Crippen molar-refractivity contribution in [2.24, 2.45) is 0 Å². The molecule has 0 fully saturated rings. The molecule has 24 heavy (non-hydrogen) atoms. The molecule has 0 radical (unpaired) electrons. The molecule has 1 aliphatic rings. The van der Waals surface area contributed by atoms with Crippen LogP contribution in [-0.4, -0.2) is 23.5 Å². The number of ketones is 1. The zero-order valence-electron chi connectivity index (χ0n) is 12.9. The molecule has 5 nitrogen and oxygen atoms in total. The van der Waals surface area contributed by atoms with E-state index in [4.69, 9.17) is 26.2 Å². The van der Waals surface area contributed by atoms with Crippen molar-refractivity contribution in [3.05, 3.63) is 63.7 Å². The molecule has 1 unspecified atom stereocenters. The number of hydrogen-bond donors (Lipinski definition) is 1. The maximum Gasteiger partial charge on any atom is 0.341 e. The topological polar surface area (TPSA) is 72.8 Å². The van der Waals surface area contributed by atoms with E-state index in [9.17, 15) is 9.59 Å². The van der Waals surface area contributed by atoms with E-state index in [1.165, 1.54) is 6.07 Å². The highest BCUT2D eigenvalue weighted by molar-refractivity contribution is 6.34. The molecule has 0 saturated heterocycles. The van der Waals surface area contributed by atoms with E-state index < -0.39 is 18.7 Å². The number of rotatable bonds is 4. The third kappa shape index (κ3) is 3.13. The van der Waals surface area contributed by atoms with Gasteiger partial charge in [0.15, 0.2) is 12.4 Å². The number of Topliss-reactive ketones (excluding diaryl/α,β-unsaturated/α-hetero) is 1. The first-order chi connectivity index (χ1) is 11.5. The summed E-state index contributed by atoms with van der Waals surface area (Å²) in [6.45, 7) is 1.64. The molecule has 3 rings (SSSR count). The molecule has 6 heteroatoms. The van der Waals surface area contributed by atoms with Gasteiger partial charge in [0.05, 0.1) is 11.6 Å². The van der Waals surface area contributed by atoms with Gasteiger partial charge in [0, 0.05) is 5.56 Å². The van der Waals surface area contributed by atoms with Gasteiger partial charge in [0.25, 0.3) is 0 Å². The van der Waals surface area contributed by atoms with Gasteiger partial charge in [-0.05, 0) is 35.7 Å².